The Kier molecular flexibility index (Phi) is 8.23. The molecule has 0 radical (unpaired) electrons. The highest BCUT2D eigenvalue weighted by molar-refractivity contribution is 6.37. The van der Waals surface area contributed by atoms with Gasteiger partial charge in [-0.25, -0.2) is 4.79 Å². The van der Waals surface area contributed by atoms with E-state index >= 15 is 0 Å². The summed E-state index contributed by atoms with van der Waals surface area (Å²) in [4.78, 5) is 44.9. The number of esters is 1. The fraction of sp³-hybridized carbons (Fsp3) is 0.303. The van der Waals surface area contributed by atoms with Crippen LogP contribution in [0.1, 0.15) is 28.4 Å². The smallest absolute Gasteiger partial charge is 0.338 e. The molecule has 1 saturated heterocycles. The zero-order valence-corrected chi connectivity index (χ0v) is 25.0. The number of nitrogens with zero attached hydrogens (tertiary/aromatic N) is 3. The lowest BCUT2D eigenvalue weighted by Gasteiger charge is -2.32. The molecular weight excluding hydrogens is 562 g/mol. The fourth-order valence-corrected chi connectivity index (χ4v) is 5.45. The molecule has 1 fully saturated rings. The summed E-state index contributed by atoms with van der Waals surface area (Å²) in [5, 5.41) is 6.33. The zero-order chi connectivity index (χ0) is 30.8. The van der Waals surface area contributed by atoms with Crippen LogP contribution in [0.5, 0.6) is 11.5 Å². The van der Waals surface area contributed by atoms with Crippen molar-refractivity contribution in [2.45, 2.75) is 6.92 Å². The number of carbonyl (C=O) groups is 3. The van der Waals surface area contributed by atoms with Gasteiger partial charge in [-0.2, -0.15) is 0 Å². The molecule has 0 saturated carbocycles. The summed E-state index contributed by atoms with van der Waals surface area (Å²) < 4.78 is 16.3. The predicted molar refractivity (Wildman–Crippen MR) is 168 cm³/mol. The molecule has 3 aromatic carbocycles. The lowest BCUT2D eigenvalue weighted by molar-refractivity contribution is -0.119. The van der Waals surface area contributed by atoms with Crippen LogP contribution in [-0.2, 0) is 14.3 Å². The lowest BCUT2D eigenvalue weighted by atomic mass is 9.98. The largest absolute Gasteiger partial charge is 0.462 e. The van der Waals surface area contributed by atoms with Gasteiger partial charge in [-0.1, -0.05) is 6.07 Å². The van der Waals surface area contributed by atoms with Crippen LogP contribution in [0, 0.1) is 0 Å². The fourth-order valence-electron chi connectivity index (χ4n) is 5.45. The standard InChI is InChI=1S/C33H35N5O6/c1-4-42-33(41)22-5-11-25-26(17-22)35-32(40)30(25)31(21-6-12-27-28(18-21)44-20-43-27)34-23-7-9-24(10-8-23)37(3)29(39)19-38-15-13-36(2)14-16-38/h5-12,17-18,34H,4,13-16,19-20H2,1-3H3,(H,35,40). The Balaban J connectivity index is 1.29. The van der Waals surface area contributed by atoms with Crippen molar-refractivity contribution < 1.29 is 28.6 Å². The van der Waals surface area contributed by atoms with Gasteiger partial charge in [-0.05, 0) is 68.6 Å². The number of likely N-dealkylation sites (N-methyl/N-ethyl adjacent to an activating group) is 2. The van der Waals surface area contributed by atoms with Crippen molar-refractivity contribution in [1.29, 1.82) is 0 Å². The van der Waals surface area contributed by atoms with Crippen LogP contribution in [0.25, 0.3) is 11.3 Å². The van der Waals surface area contributed by atoms with Crippen LogP contribution >= 0.6 is 0 Å². The van der Waals surface area contributed by atoms with E-state index in [2.05, 4.69) is 27.5 Å². The molecule has 0 aliphatic carbocycles. The van der Waals surface area contributed by atoms with Gasteiger partial charge in [0, 0.05) is 55.7 Å². The van der Waals surface area contributed by atoms with Gasteiger partial charge < -0.3 is 34.6 Å². The normalized spacial score (nSPS) is 17.1. The molecule has 6 rings (SSSR count). The molecule has 228 valence electrons. The van der Waals surface area contributed by atoms with Crippen LogP contribution in [0.15, 0.2) is 60.7 Å². The number of piperazine rings is 1. The van der Waals surface area contributed by atoms with Crippen LogP contribution in [0.4, 0.5) is 17.1 Å². The highest BCUT2D eigenvalue weighted by Gasteiger charge is 2.30. The van der Waals surface area contributed by atoms with Crippen molar-refractivity contribution in [2.24, 2.45) is 0 Å². The average Bonchev–Trinajstić information content (AvgIpc) is 3.63. The maximum absolute atomic E-state index is 13.4. The lowest BCUT2D eigenvalue weighted by Crippen LogP contribution is -2.48. The van der Waals surface area contributed by atoms with E-state index in [4.69, 9.17) is 14.2 Å². The van der Waals surface area contributed by atoms with Gasteiger partial charge in [0.1, 0.15) is 0 Å². The van der Waals surface area contributed by atoms with Gasteiger partial charge >= 0.3 is 5.97 Å². The maximum Gasteiger partial charge on any atom is 0.338 e. The van der Waals surface area contributed by atoms with Crippen LogP contribution in [-0.4, -0.2) is 87.8 Å². The number of carbonyl (C=O) groups excluding carboxylic acids is 3. The number of fused-ring (bicyclic) bond motifs is 2. The molecule has 11 nitrogen and oxygen atoms in total. The van der Waals surface area contributed by atoms with Crippen molar-refractivity contribution in [2.75, 3.05) is 75.8 Å². The summed E-state index contributed by atoms with van der Waals surface area (Å²) >= 11 is 0. The van der Waals surface area contributed by atoms with Gasteiger partial charge in [0.15, 0.2) is 11.5 Å². The van der Waals surface area contributed by atoms with E-state index in [0.29, 0.717) is 51.7 Å². The Hall–Kier alpha value is -4.87. The average molecular weight is 598 g/mol. The molecule has 3 aliphatic heterocycles. The zero-order valence-electron chi connectivity index (χ0n) is 25.0. The third-order valence-corrected chi connectivity index (χ3v) is 8.04. The van der Waals surface area contributed by atoms with E-state index in [9.17, 15) is 14.4 Å². The summed E-state index contributed by atoms with van der Waals surface area (Å²) in [6.45, 7) is 6.14. The van der Waals surface area contributed by atoms with Crippen molar-refractivity contribution in [3.8, 4) is 11.5 Å². The molecule has 2 N–H and O–H groups in total. The molecule has 3 aromatic rings. The second kappa shape index (κ2) is 12.4. The number of hydrogen-bond acceptors (Lipinski definition) is 9. The molecule has 44 heavy (non-hydrogen) atoms. The van der Waals surface area contributed by atoms with Crippen LogP contribution in [0.3, 0.4) is 0 Å². The Morgan fingerprint density at radius 3 is 2.43 bits per heavy atom. The Bertz CT molecular complexity index is 1630. The first-order valence-corrected chi connectivity index (χ1v) is 14.6. The molecule has 0 bridgehead atoms. The maximum atomic E-state index is 13.4. The number of anilines is 3. The van der Waals surface area contributed by atoms with Gasteiger partial charge in [-0.15, -0.1) is 0 Å². The molecule has 0 unspecified atom stereocenters. The minimum absolute atomic E-state index is 0.0276. The SMILES string of the molecule is CCOC(=O)c1ccc2c(c1)NC(=O)C2=C(Nc1ccc(N(C)C(=O)CN2CCN(C)CC2)cc1)c1ccc2c(c1)OCO2. The summed E-state index contributed by atoms with van der Waals surface area (Å²) in [6.07, 6.45) is 0. The second-order valence-corrected chi connectivity index (χ2v) is 11.0. The van der Waals surface area contributed by atoms with Gasteiger partial charge in [-0.3, -0.25) is 14.5 Å². The van der Waals surface area contributed by atoms with Crippen molar-refractivity contribution in [3.05, 3.63) is 77.4 Å². The molecule has 0 aromatic heterocycles. The highest BCUT2D eigenvalue weighted by Crippen LogP contribution is 2.41. The first-order chi connectivity index (χ1) is 21.3. The molecule has 11 heteroatoms. The Morgan fingerprint density at radius 2 is 1.68 bits per heavy atom. The quantitative estimate of drug-likeness (QED) is 0.296. The van der Waals surface area contributed by atoms with E-state index in [-0.39, 0.29) is 25.2 Å². The van der Waals surface area contributed by atoms with E-state index in [1.54, 1.807) is 37.1 Å². The topological polar surface area (TPSA) is 113 Å². The molecule has 2 amide bonds. The summed E-state index contributed by atoms with van der Waals surface area (Å²) in [5.41, 5.74) is 4.69. The number of rotatable bonds is 8. The first kappa shape index (κ1) is 29.2. The predicted octanol–water partition coefficient (Wildman–Crippen LogP) is 3.73. The van der Waals surface area contributed by atoms with Crippen LogP contribution < -0.4 is 25.0 Å². The van der Waals surface area contributed by atoms with E-state index in [1.165, 1.54) is 0 Å². The van der Waals surface area contributed by atoms with Crippen molar-refractivity contribution in [1.82, 2.24) is 9.80 Å². The van der Waals surface area contributed by atoms with Gasteiger partial charge in [0.05, 0.1) is 35.7 Å². The number of ether oxygens (including phenoxy) is 3. The number of amides is 2. The Morgan fingerprint density at radius 1 is 0.955 bits per heavy atom. The molecule has 3 aliphatic rings. The van der Waals surface area contributed by atoms with Gasteiger partial charge in [0.2, 0.25) is 12.7 Å². The van der Waals surface area contributed by atoms with E-state index in [1.807, 2.05) is 42.5 Å². The van der Waals surface area contributed by atoms with Crippen molar-refractivity contribution in [3.63, 3.8) is 0 Å². The minimum atomic E-state index is -0.455. The van der Waals surface area contributed by atoms with E-state index < -0.39 is 5.97 Å². The molecular formula is C33H35N5O6. The number of hydrogen-bond donors (Lipinski definition) is 2. The third-order valence-electron chi connectivity index (χ3n) is 8.04. The van der Waals surface area contributed by atoms with E-state index in [0.717, 1.165) is 37.6 Å². The molecule has 0 atom stereocenters. The molecule has 0 spiro atoms. The van der Waals surface area contributed by atoms with Crippen LogP contribution in [0.2, 0.25) is 0 Å². The summed E-state index contributed by atoms with van der Waals surface area (Å²) in [7, 11) is 3.87. The summed E-state index contributed by atoms with van der Waals surface area (Å²) in [5.74, 6) is 0.464. The minimum Gasteiger partial charge on any atom is -0.462 e. The van der Waals surface area contributed by atoms with Crippen molar-refractivity contribution >= 4 is 46.1 Å². The monoisotopic (exact) mass is 597 g/mol. The summed E-state index contributed by atoms with van der Waals surface area (Å²) in [6, 6.07) is 18.0. The third kappa shape index (κ3) is 5.97. The second-order valence-electron chi connectivity index (χ2n) is 11.0. The first-order valence-electron chi connectivity index (χ1n) is 14.6. The number of nitrogens with one attached hydrogen (secondary N) is 2. The highest BCUT2D eigenvalue weighted by atomic mass is 16.7. The Labute approximate surface area is 256 Å². The molecule has 3 heterocycles. The van der Waals surface area contributed by atoms with Gasteiger partial charge in [0.25, 0.3) is 5.91 Å². The number of benzene rings is 3.